The summed E-state index contributed by atoms with van der Waals surface area (Å²) in [7, 11) is 0. The highest BCUT2D eigenvalue weighted by atomic mass is 127. The number of benzene rings is 1. The molecule has 12 heteroatoms. The molecule has 2 rings (SSSR count). The SMILES string of the molecule is CCNC(=NCC(=O)Nc1cccc(F)c1)NCCc1nc(C(F)(F)F)cs1.I. The molecular weight excluding hydrogens is 525 g/mol. The van der Waals surface area contributed by atoms with Gasteiger partial charge in [0, 0.05) is 30.6 Å². The second-order valence-electron chi connectivity index (χ2n) is 5.55. The summed E-state index contributed by atoms with van der Waals surface area (Å²) in [5.41, 5.74) is -0.579. The molecule has 1 aromatic carbocycles. The number of hydrogen-bond donors (Lipinski definition) is 3. The van der Waals surface area contributed by atoms with Gasteiger partial charge in [0.25, 0.3) is 0 Å². The van der Waals surface area contributed by atoms with Crippen LogP contribution in [-0.2, 0) is 17.4 Å². The molecule has 0 unspecified atom stereocenters. The van der Waals surface area contributed by atoms with Crippen molar-refractivity contribution in [3.05, 3.63) is 46.2 Å². The van der Waals surface area contributed by atoms with Gasteiger partial charge in [-0.1, -0.05) is 6.07 Å². The number of alkyl halides is 3. The van der Waals surface area contributed by atoms with E-state index < -0.39 is 23.6 Å². The van der Waals surface area contributed by atoms with E-state index in [1.807, 2.05) is 6.92 Å². The van der Waals surface area contributed by atoms with Crippen LogP contribution in [0.5, 0.6) is 0 Å². The molecule has 2 aromatic rings. The molecule has 29 heavy (non-hydrogen) atoms. The van der Waals surface area contributed by atoms with Crippen molar-refractivity contribution in [2.24, 2.45) is 4.99 Å². The van der Waals surface area contributed by atoms with Gasteiger partial charge in [-0.05, 0) is 25.1 Å². The molecule has 1 aromatic heterocycles. The molecule has 3 N–H and O–H groups in total. The average Bonchev–Trinajstić information content (AvgIpc) is 3.09. The van der Waals surface area contributed by atoms with Crippen LogP contribution in [0.25, 0.3) is 0 Å². The van der Waals surface area contributed by atoms with Crippen LogP contribution in [0.4, 0.5) is 23.2 Å². The zero-order chi connectivity index (χ0) is 20.6. The Balaban J connectivity index is 0.00000420. The van der Waals surface area contributed by atoms with Crippen LogP contribution in [0.2, 0.25) is 0 Å². The number of thiazole rings is 1. The third-order valence-corrected chi connectivity index (χ3v) is 4.22. The number of anilines is 1. The number of rotatable bonds is 7. The Kier molecular flexibility index (Phi) is 10.3. The Hall–Kier alpha value is -1.96. The number of halogens is 5. The van der Waals surface area contributed by atoms with E-state index in [0.717, 1.165) is 16.7 Å². The molecule has 0 atom stereocenters. The summed E-state index contributed by atoms with van der Waals surface area (Å²) in [6, 6.07) is 5.48. The highest BCUT2D eigenvalue weighted by Crippen LogP contribution is 2.29. The zero-order valence-electron chi connectivity index (χ0n) is 15.3. The second kappa shape index (κ2) is 11.9. The van der Waals surface area contributed by atoms with Gasteiger partial charge in [-0.3, -0.25) is 4.79 Å². The number of nitrogens with one attached hydrogen (secondary N) is 3. The lowest BCUT2D eigenvalue weighted by molar-refractivity contribution is -0.140. The maximum atomic E-state index is 13.1. The van der Waals surface area contributed by atoms with Crippen molar-refractivity contribution < 1.29 is 22.4 Å². The van der Waals surface area contributed by atoms with E-state index in [4.69, 9.17) is 0 Å². The zero-order valence-corrected chi connectivity index (χ0v) is 18.5. The molecule has 0 saturated carbocycles. The van der Waals surface area contributed by atoms with E-state index >= 15 is 0 Å². The molecule has 1 amide bonds. The molecule has 160 valence electrons. The largest absolute Gasteiger partial charge is 0.434 e. The Labute approximate surface area is 186 Å². The molecule has 0 aliphatic heterocycles. The Morgan fingerprint density at radius 2 is 2.03 bits per heavy atom. The Morgan fingerprint density at radius 1 is 1.28 bits per heavy atom. The molecule has 0 aliphatic rings. The normalized spacial score (nSPS) is 11.6. The summed E-state index contributed by atoms with van der Waals surface area (Å²) in [5, 5.41) is 9.71. The van der Waals surface area contributed by atoms with Gasteiger partial charge in [0.15, 0.2) is 11.7 Å². The molecule has 1 heterocycles. The van der Waals surface area contributed by atoms with E-state index in [0.29, 0.717) is 29.7 Å². The number of amides is 1. The average molecular weight is 545 g/mol. The third-order valence-electron chi connectivity index (χ3n) is 3.31. The predicted molar refractivity (Wildman–Crippen MR) is 115 cm³/mol. The molecular formula is C17H20F4IN5OS. The van der Waals surface area contributed by atoms with Gasteiger partial charge in [0.05, 0.1) is 5.01 Å². The Bertz CT molecular complexity index is 828. The lowest BCUT2D eigenvalue weighted by atomic mass is 10.3. The number of aliphatic imine (C=N–C) groups is 1. The summed E-state index contributed by atoms with van der Waals surface area (Å²) in [4.78, 5) is 19.6. The van der Waals surface area contributed by atoms with Crippen LogP contribution < -0.4 is 16.0 Å². The molecule has 0 radical (unpaired) electrons. The van der Waals surface area contributed by atoms with Crippen molar-refractivity contribution in [3.8, 4) is 0 Å². The molecule has 0 aliphatic carbocycles. The number of guanidine groups is 1. The summed E-state index contributed by atoms with van der Waals surface area (Å²) >= 11 is 0.936. The van der Waals surface area contributed by atoms with Gasteiger partial charge in [-0.25, -0.2) is 14.4 Å². The van der Waals surface area contributed by atoms with Gasteiger partial charge >= 0.3 is 6.18 Å². The van der Waals surface area contributed by atoms with E-state index in [1.165, 1.54) is 18.2 Å². The first-order chi connectivity index (χ1) is 13.3. The minimum Gasteiger partial charge on any atom is -0.357 e. The lowest BCUT2D eigenvalue weighted by Gasteiger charge is -2.10. The number of aromatic nitrogens is 1. The fraction of sp³-hybridized carbons (Fsp3) is 0.353. The third kappa shape index (κ3) is 8.94. The van der Waals surface area contributed by atoms with Crippen LogP contribution in [0.3, 0.4) is 0 Å². The second-order valence-corrected chi connectivity index (χ2v) is 6.50. The van der Waals surface area contributed by atoms with Crippen molar-refractivity contribution in [1.82, 2.24) is 15.6 Å². The van der Waals surface area contributed by atoms with Gasteiger partial charge in [0.2, 0.25) is 5.91 Å². The monoisotopic (exact) mass is 545 g/mol. The van der Waals surface area contributed by atoms with Gasteiger partial charge in [-0.15, -0.1) is 35.3 Å². The van der Waals surface area contributed by atoms with Gasteiger partial charge < -0.3 is 16.0 Å². The number of carbonyl (C=O) groups is 1. The minimum absolute atomic E-state index is 0. The summed E-state index contributed by atoms with van der Waals surface area (Å²) < 4.78 is 50.8. The van der Waals surface area contributed by atoms with Crippen molar-refractivity contribution in [2.75, 3.05) is 25.0 Å². The standard InChI is InChI=1S/C17H19F4N5OS.HI/c1-2-22-16(23-7-6-15-26-13(10-28-15)17(19,20)21)24-9-14(27)25-12-5-3-4-11(18)8-12;/h3-5,8,10H,2,6-7,9H2,1H3,(H,25,27)(H2,22,23,24);1H. The van der Waals surface area contributed by atoms with E-state index in [1.54, 1.807) is 6.07 Å². The first kappa shape index (κ1) is 25.1. The predicted octanol–water partition coefficient (Wildman–Crippen LogP) is 3.66. The van der Waals surface area contributed by atoms with E-state index in [9.17, 15) is 22.4 Å². The van der Waals surface area contributed by atoms with E-state index in [-0.39, 0.29) is 36.9 Å². The van der Waals surface area contributed by atoms with Crippen molar-refractivity contribution >= 4 is 52.9 Å². The number of nitrogens with zero attached hydrogens (tertiary/aromatic N) is 2. The van der Waals surface area contributed by atoms with Gasteiger partial charge in [0.1, 0.15) is 12.4 Å². The molecule has 0 spiro atoms. The van der Waals surface area contributed by atoms with Crippen LogP contribution in [0.15, 0.2) is 34.6 Å². The van der Waals surface area contributed by atoms with Crippen LogP contribution in [-0.4, -0.2) is 36.5 Å². The summed E-state index contributed by atoms with van der Waals surface area (Å²) in [6.45, 7) is 2.46. The number of carbonyl (C=O) groups excluding carboxylic acids is 1. The minimum atomic E-state index is -4.45. The van der Waals surface area contributed by atoms with Gasteiger partial charge in [-0.2, -0.15) is 13.2 Å². The summed E-state index contributed by atoms with van der Waals surface area (Å²) in [6.07, 6.45) is -4.17. The van der Waals surface area contributed by atoms with E-state index in [2.05, 4.69) is 25.9 Å². The Morgan fingerprint density at radius 3 is 2.66 bits per heavy atom. The molecule has 6 nitrogen and oxygen atoms in total. The van der Waals surface area contributed by atoms with Crippen molar-refractivity contribution in [3.63, 3.8) is 0 Å². The van der Waals surface area contributed by atoms with Crippen LogP contribution in [0.1, 0.15) is 17.6 Å². The lowest BCUT2D eigenvalue weighted by Crippen LogP contribution is -2.39. The van der Waals surface area contributed by atoms with Crippen molar-refractivity contribution in [1.29, 1.82) is 0 Å². The fourth-order valence-corrected chi connectivity index (χ4v) is 2.91. The maximum absolute atomic E-state index is 13.1. The number of hydrogen-bond acceptors (Lipinski definition) is 4. The quantitative estimate of drug-likeness (QED) is 0.215. The van der Waals surface area contributed by atoms with Crippen molar-refractivity contribution in [2.45, 2.75) is 19.5 Å². The first-order valence-corrected chi connectivity index (χ1v) is 9.25. The highest BCUT2D eigenvalue weighted by molar-refractivity contribution is 14.0. The fourth-order valence-electron chi connectivity index (χ4n) is 2.10. The molecule has 0 saturated heterocycles. The highest BCUT2D eigenvalue weighted by Gasteiger charge is 2.33. The molecule has 0 fully saturated rings. The molecule has 0 bridgehead atoms. The van der Waals surface area contributed by atoms with Crippen LogP contribution >= 0.6 is 35.3 Å². The summed E-state index contributed by atoms with van der Waals surface area (Å²) in [5.74, 6) is -0.561. The van der Waals surface area contributed by atoms with Crippen LogP contribution in [0, 0.1) is 5.82 Å². The smallest absolute Gasteiger partial charge is 0.357 e. The first-order valence-electron chi connectivity index (χ1n) is 8.37. The maximum Gasteiger partial charge on any atom is 0.434 e. The topological polar surface area (TPSA) is 78.4 Å².